The van der Waals surface area contributed by atoms with Gasteiger partial charge in [0.2, 0.25) is 0 Å². The largest absolute Gasteiger partial charge is 0.276 e. The van der Waals surface area contributed by atoms with Gasteiger partial charge < -0.3 is 0 Å². The molecule has 1 aromatic carbocycles. The highest BCUT2D eigenvalue weighted by Gasteiger charge is 2.04. The van der Waals surface area contributed by atoms with Crippen LogP contribution in [-0.2, 0) is 0 Å². The van der Waals surface area contributed by atoms with Crippen LogP contribution in [-0.4, -0.2) is 10.6 Å². The third-order valence-corrected chi connectivity index (χ3v) is 1.94. The van der Waals surface area contributed by atoms with Crippen LogP contribution in [0, 0.1) is 11.3 Å². The number of hydrogen-bond donors (Lipinski definition) is 0. The van der Waals surface area contributed by atoms with Crippen molar-refractivity contribution >= 4 is 34.4 Å². The van der Waals surface area contributed by atoms with Crippen LogP contribution >= 0.6 is 23.8 Å². The average molecular weight is 210 g/mol. The molecule has 0 atom stereocenters. The van der Waals surface area contributed by atoms with Crippen LogP contribution in [0.15, 0.2) is 18.2 Å². The highest BCUT2D eigenvalue weighted by molar-refractivity contribution is 7.79. The number of halogens is 1. The highest BCUT2D eigenvalue weighted by atomic mass is 35.5. The van der Waals surface area contributed by atoms with Crippen LogP contribution in [0.5, 0.6) is 0 Å². The number of carbonyl (C=O) groups is 1. The summed E-state index contributed by atoms with van der Waals surface area (Å²) in [4.78, 5) is 10.8. The Balaban J connectivity index is 3.32. The number of benzene rings is 1. The van der Waals surface area contributed by atoms with Gasteiger partial charge in [0, 0.05) is 10.9 Å². The first-order chi connectivity index (χ1) is 6.17. The molecule has 0 aliphatic carbocycles. The molecule has 0 bridgehead atoms. The number of thiocarbonyl (C=S) groups is 1. The number of rotatable bonds is 2. The van der Waals surface area contributed by atoms with Gasteiger partial charge in [-0.1, -0.05) is 12.2 Å². The highest BCUT2D eigenvalue weighted by Crippen LogP contribution is 2.10. The molecule has 64 valence electrons. The first kappa shape index (κ1) is 9.85. The summed E-state index contributed by atoms with van der Waals surface area (Å²) in [5.74, 6) is 0. The zero-order valence-corrected chi connectivity index (χ0v) is 8.02. The molecule has 0 aliphatic rings. The van der Waals surface area contributed by atoms with E-state index in [9.17, 15) is 4.79 Å². The van der Waals surface area contributed by atoms with Gasteiger partial charge in [0.25, 0.3) is 5.24 Å². The quantitative estimate of drug-likeness (QED) is 0.554. The molecular formula is C9H4ClNOS. The summed E-state index contributed by atoms with van der Waals surface area (Å²) in [5.41, 5.74) is 1.30. The molecule has 13 heavy (non-hydrogen) atoms. The fourth-order valence-electron chi connectivity index (χ4n) is 0.898. The molecule has 0 saturated carbocycles. The van der Waals surface area contributed by atoms with Gasteiger partial charge in [-0.2, -0.15) is 5.26 Å². The van der Waals surface area contributed by atoms with E-state index >= 15 is 0 Å². The second-order valence-corrected chi connectivity index (χ2v) is 2.93. The van der Waals surface area contributed by atoms with Gasteiger partial charge in [-0.25, -0.2) is 0 Å². The van der Waals surface area contributed by atoms with Crippen LogP contribution < -0.4 is 0 Å². The van der Waals surface area contributed by atoms with Crippen molar-refractivity contribution in [2.45, 2.75) is 0 Å². The molecule has 0 unspecified atom stereocenters. The van der Waals surface area contributed by atoms with Crippen molar-refractivity contribution in [3.8, 4) is 6.07 Å². The van der Waals surface area contributed by atoms with Crippen LogP contribution in [0.4, 0.5) is 0 Å². The summed E-state index contributed by atoms with van der Waals surface area (Å²) >= 11 is 9.95. The molecule has 2 nitrogen and oxygen atoms in total. The number of hydrogen-bond acceptors (Lipinski definition) is 3. The number of nitrogens with zero attached hydrogens (tertiary/aromatic N) is 1. The van der Waals surface area contributed by atoms with Crippen LogP contribution in [0.2, 0.25) is 0 Å². The minimum absolute atomic E-state index is 0.289. The lowest BCUT2D eigenvalue weighted by Crippen LogP contribution is -1.92. The minimum atomic E-state index is -0.588. The summed E-state index contributed by atoms with van der Waals surface area (Å²) in [5, 5.41) is 9.42. The Morgan fingerprint density at radius 2 is 2.23 bits per heavy atom. The van der Waals surface area contributed by atoms with Crippen molar-refractivity contribution in [3.05, 3.63) is 34.9 Å². The first-order valence-electron chi connectivity index (χ1n) is 3.37. The second-order valence-electron chi connectivity index (χ2n) is 2.35. The van der Waals surface area contributed by atoms with Crippen LogP contribution in [0.1, 0.15) is 21.5 Å². The van der Waals surface area contributed by atoms with Gasteiger partial charge >= 0.3 is 0 Å². The predicted octanol–water partition coefficient (Wildman–Crippen LogP) is 2.29. The molecule has 0 spiro atoms. The fraction of sp³-hybridized carbons (Fsp3) is 0. The van der Waals surface area contributed by atoms with E-state index in [1.54, 1.807) is 12.1 Å². The molecule has 0 saturated heterocycles. The second kappa shape index (κ2) is 4.13. The maximum atomic E-state index is 10.8. The number of carbonyl (C=O) groups excluding carboxylic acids is 1. The van der Waals surface area contributed by atoms with E-state index in [-0.39, 0.29) is 5.56 Å². The van der Waals surface area contributed by atoms with E-state index in [1.807, 2.05) is 6.07 Å². The Morgan fingerprint density at radius 3 is 2.69 bits per heavy atom. The lowest BCUT2D eigenvalue weighted by molar-refractivity contribution is 0.108. The maximum Gasteiger partial charge on any atom is 0.252 e. The van der Waals surface area contributed by atoms with E-state index in [0.717, 1.165) is 0 Å². The lowest BCUT2D eigenvalue weighted by Gasteiger charge is -1.97. The van der Waals surface area contributed by atoms with Gasteiger partial charge in [-0.15, -0.1) is 0 Å². The summed E-state index contributed by atoms with van der Waals surface area (Å²) in [6.07, 6.45) is 0. The zero-order valence-electron chi connectivity index (χ0n) is 6.45. The average Bonchev–Trinajstić information content (AvgIpc) is 2.16. The minimum Gasteiger partial charge on any atom is -0.276 e. The van der Waals surface area contributed by atoms with Crippen molar-refractivity contribution in [1.82, 2.24) is 0 Å². The normalized spacial score (nSPS) is 8.92. The smallest absolute Gasteiger partial charge is 0.252 e. The Bertz CT molecular complexity index is 409. The molecule has 0 aromatic heterocycles. The molecule has 0 amide bonds. The lowest BCUT2D eigenvalue weighted by atomic mass is 10.1. The summed E-state index contributed by atoms with van der Waals surface area (Å²) in [7, 11) is 0. The predicted molar refractivity (Wildman–Crippen MR) is 54.1 cm³/mol. The SMILES string of the molecule is N#Cc1cc(C=S)cc(C(=O)Cl)c1. The van der Waals surface area contributed by atoms with Crippen molar-refractivity contribution in [1.29, 1.82) is 5.26 Å². The maximum absolute atomic E-state index is 10.8. The Kier molecular flexibility index (Phi) is 3.13. The molecule has 0 aliphatic heterocycles. The summed E-state index contributed by atoms with van der Waals surface area (Å²) < 4.78 is 0. The molecule has 0 N–H and O–H groups in total. The zero-order chi connectivity index (χ0) is 9.84. The van der Waals surface area contributed by atoms with E-state index in [4.69, 9.17) is 16.9 Å². The molecule has 0 radical (unpaired) electrons. The van der Waals surface area contributed by atoms with Crippen LogP contribution in [0.3, 0.4) is 0 Å². The van der Waals surface area contributed by atoms with Crippen molar-refractivity contribution in [3.63, 3.8) is 0 Å². The monoisotopic (exact) mass is 209 g/mol. The Labute approximate surface area is 85.7 Å². The van der Waals surface area contributed by atoms with Crippen LogP contribution in [0.25, 0.3) is 0 Å². The third-order valence-electron chi connectivity index (χ3n) is 1.45. The van der Waals surface area contributed by atoms with Gasteiger partial charge in [-0.3, -0.25) is 4.79 Å². The van der Waals surface area contributed by atoms with Gasteiger partial charge in [0.15, 0.2) is 0 Å². The summed E-state index contributed by atoms with van der Waals surface area (Å²) in [6, 6.07) is 6.49. The van der Waals surface area contributed by atoms with E-state index in [2.05, 4.69) is 12.2 Å². The summed E-state index contributed by atoms with van der Waals surface area (Å²) in [6.45, 7) is 0. The van der Waals surface area contributed by atoms with E-state index in [1.165, 1.54) is 11.4 Å². The standard InChI is InChI=1S/C9H4ClNOS/c10-9(12)8-2-6(4-11)1-7(3-8)5-13/h1-3,5H. The molecular weight excluding hydrogens is 206 g/mol. The van der Waals surface area contributed by atoms with E-state index < -0.39 is 5.24 Å². The van der Waals surface area contributed by atoms with Crippen molar-refractivity contribution in [2.75, 3.05) is 0 Å². The first-order valence-corrected chi connectivity index (χ1v) is 4.22. The van der Waals surface area contributed by atoms with Gasteiger partial charge in [0.1, 0.15) is 0 Å². The molecule has 4 heteroatoms. The topological polar surface area (TPSA) is 40.9 Å². The number of nitriles is 1. The van der Waals surface area contributed by atoms with Crippen molar-refractivity contribution in [2.24, 2.45) is 0 Å². The fourth-order valence-corrected chi connectivity index (χ4v) is 1.14. The van der Waals surface area contributed by atoms with Crippen molar-refractivity contribution < 1.29 is 4.79 Å². The Hall–Kier alpha value is -1.24. The third kappa shape index (κ3) is 2.35. The Morgan fingerprint density at radius 1 is 1.54 bits per heavy atom. The van der Waals surface area contributed by atoms with Gasteiger partial charge in [0.05, 0.1) is 11.6 Å². The molecule has 0 fully saturated rings. The van der Waals surface area contributed by atoms with E-state index in [0.29, 0.717) is 11.1 Å². The molecule has 1 rings (SSSR count). The molecule has 1 aromatic rings. The molecule has 0 heterocycles. The van der Waals surface area contributed by atoms with Gasteiger partial charge in [-0.05, 0) is 35.4 Å².